The quantitative estimate of drug-likeness (QED) is 0.633. The number of hydrogen-bond acceptors (Lipinski definition) is 3. The van der Waals surface area contributed by atoms with Crippen LogP contribution in [0.5, 0.6) is 5.75 Å². The molecule has 0 unspecified atom stereocenters. The number of imidazole rings is 1. The van der Waals surface area contributed by atoms with E-state index in [0.29, 0.717) is 11.3 Å². The second-order valence-corrected chi connectivity index (χ2v) is 7.54. The Balaban J connectivity index is 1.90. The minimum Gasteiger partial charge on any atom is -0.481 e. The molecule has 4 rings (SSSR count). The maximum absolute atomic E-state index is 12.8. The van der Waals surface area contributed by atoms with Crippen molar-refractivity contribution < 1.29 is 9.53 Å². The van der Waals surface area contributed by atoms with Gasteiger partial charge in [0.1, 0.15) is 10.7 Å². The van der Waals surface area contributed by atoms with Gasteiger partial charge in [-0.2, -0.15) is 0 Å². The Bertz CT molecular complexity index is 995. The standard InChI is InChI=1S/C20H20BrN3O2/c1-12-18(21)24-11-15(20(25)23(2)3)14-9-10-16(13-7-5-4-6-8-13)26-17(14)19(24)22-12/h4-8,11,16H,9-10H2,1-3H3/t16-/m1/s1. The first kappa shape index (κ1) is 17.1. The Morgan fingerprint density at radius 2 is 2.04 bits per heavy atom. The Morgan fingerprint density at radius 1 is 1.31 bits per heavy atom. The van der Waals surface area contributed by atoms with Crippen molar-refractivity contribution in [3.8, 4) is 5.75 Å². The Morgan fingerprint density at radius 3 is 2.73 bits per heavy atom. The number of ether oxygens (including phenoxy) is 1. The van der Waals surface area contributed by atoms with E-state index in [-0.39, 0.29) is 12.0 Å². The van der Waals surface area contributed by atoms with E-state index in [4.69, 9.17) is 4.74 Å². The fourth-order valence-corrected chi connectivity index (χ4v) is 3.80. The van der Waals surface area contributed by atoms with E-state index in [1.807, 2.05) is 35.7 Å². The molecule has 0 aliphatic carbocycles. The largest absolute Gasteiger partial charge is 0.481 e. The highest BCUT2D eigenvalue weighted by Gasteiger charge is 2.30. The predicted octanol–water partition coefficient (Wildman–Crippen LogP) is 4.17. The molecule has 0 bridgehead atoms. The first-order chi connectivity index (χ1) is 12.5. The van der Waals surface area contributed by atoms with Crippen LogP contribution in [0.25, 0.3) is 5.65 Å². The molecule has 1 atom stereocenters. The Labute approximate surface area is 160 Å². The maximum atomic E-state index is 12.8. The van der Waals surface area contributed by atoms with E-state index >= 15 is 0 Å². The molecule has 2 aromatic heterocycles. The van der Waals surface area contributed by atoms with Crippen molar-refractivity contribution in [3.05, 3.63) is 63.5 Å². The second-order valence-electron chi connectivity index (χ2n) is 6.79. The van der Waals surface area contributed by atoms with Crippen molar-refractivity contribution in [1.82, 2.24) is 14.3 Å². The predicted molar refractivity (Wildman–Crippen MR) is 104 cm³/mol. The average molecular weight is 414 g/mol. The summed E-state index contributed by atoms with van der Waals surface area (Å²) in [4.78, 5) is 19.0. The summed E-state index contributed by atoms with van der Waals surface area (Å²) < 4.78 is 9.14. The number of halogens is 1. The van der Waals surface area contributed by atoms with Gasteiger partial charge in [-0.25, -0.2) is 4.98 Å². The lowest BCUT2D eigenvalue weighted by Gasteiger charge is -2.28. The van der Waals surface area contributed by atoms with Gasteiger partial charge in [-0.3, -0.25) is 9.20 Å². The number of aryl methyl sites for hydroxylation is 1. The highest BCUT2D eigenvalue weighted by molar-refractivity contribution is 9.10. The number of carbonyl (C=O) groups is 1. The number of hydrogen-bond donors (Lipinski definition) is 0. The average Bonchev–Trinajstić information content (AvgIpc) is 2.95. The van der Waals surface area contributed by atoms with Gasteiger partial charge < -0.3 is 9.64 Å². The molecule has 134 valence electrons. The van der Waals surface area contributed by atoms with Gasteiger partial charge in [0.25, 0.3) is 5.91 Å². The molecule has 26 heavy (non-hydrogen) atoms. The van der Waals surface area contributed by atoms with Crippen LogP contribution in [0.2, 0.25) is 0 Å². The molecule has 1 aliphatic heterocycles. The SMILES string of the molecule is Cc1nc2c3c(c(C(=O)N(C)C)cn2c1Br)CC[C@H](c1ccccc1)O3. The van der Waals surface area contributed by atoms with Crippen LogP contribution in [0.1, 0.15) is 39.7 Å². The molecule has 0 spiro atoms. The number of carbonyl (C=O) groups excluding carboxylic acids is 1. The van der Waals surface area contributed by atoms with Crippen molar-refractivity contribution in [2.75, 3.05) is 14.1 Å². The van der Waals surface area contributed by atoms with Crippen molar-refractivity contribution in [3.63, 3.8) is 0 Å². The van der Waals surface area contributed by atoms with Crippen LogP contribution < -0.4 is 4.74 Å². The van der Waals surface area contributed by atoms with Crippen molar-refractivity contribution >= 4 is 27.5 Å². The summed E-state index contributed by atoms with van der Waals surface area (Å²) in [5, 5.41) is 0. The van der Waals surface area contributed by atoms with E-state index in [2.05, 4.69) is 33.0 Å². The minimum absolute atomic E-state index is 0.0248. The molecule has 0 saturated heterocycles. The zero-order valence-corrected chi connectivity index (χ0v) is 16.6. The van der Waals surface area contributed by atoms with Gasteiger partial charge in [0.05, 0.1) is 11.3 Å². The van der Waals surface area contributed by atoms with Gasteiger partial charge in [0.15, 0.2) is 11.4 Å². The third-order valence-electron chi connectivity index (χ3n) is 4.80. The van der Waals surface area contributed by atoms with Crippen LogP contribution in [0.4, 0.5) is 0 Å². The van der Waals surface area contributed by atoms with Gasteiger partial charge >= 0.3 is 0 Å². The van der Waals surface area contributed by atoms with Crippen LogP contribution in [0.15, 0.2) is 41.1 Å². The normalized spacial score (nSPS) is 16.2. The molecule has 3 heterocycles. The Kier molecular flexibility index (Phi) is 4.23. The monoisotopic (exact) mass is 413 g/mol. The summed E-state index contributed by atoms with van der Waals surface area (Å²) in [5.74, 6) is 0.690. The van der Waals surface area contributed by atoms with Crippen LogP contribution in [0.3, 0.4) is 0 Å². The molecule has 0 fully saturated rings. The number of pyridine rings is 1. The minimum atomic E-state index is -0.0343. The number of rotatable bonds is 2. The van der Waals surface area contributed by atoms with E-state index in [9.17, 15) is 4.79 Å². The highest BCUT2D eigenvalue weighted by atomic mass is 79.9. The van der Waals surface area contributed by atoms with E-state index < -0.39 is 0 Å². The lowest BCUT2D eigenvalue weighted by atomic mass is 9.95. The number of benzene rings is 1. The summed E-state index contributed by atoms with van der Waals surface area (Å²) in [5.41, 5.74) is 4.37. The zero-order chi connectivity index (χ0) is 18.4. The molecule has 5 nitrogen and oxygen atoms in total. The first-order valence-corrected chi connectivity index (χ1v) is 9.40. The molecule has 1 amide bonds. The van der Waals surface area contributed by atoms with E-state index in [1.165, 1.54) is 0 Å². The Hall–Kier alpha value is -2.34. The smallest absolute Gasteiger partial charge is 0.255 e. The third-order valence-corrected chi connectivity index (χ3v) is 5.75. The molecule has 0 N–H and O–H groups in total. The molecule has 6 heteroatoms. The van der Waals surface area contributed by atoms with Crippen LogP contribution >= 0.6 is 15.9 Å². The number of fused-ring (bicyclic) bond motifs is 3. The van der Waals surface area contributed by atoms with Gasteiger partial charge in [-0.05, 0) is 41.3 Å². The second kappa shape index (κ2) is 6.43. The van der Waals surface area contributed by atoms with Gasteiger partial charge in [0, 0.05) is 25.9 Å². The summed E-state index contributed by atoms with van der Waals surface area (Å²) in [6.07, 6.45) is 3.45. The molecule has 0 radical (unpaired) electrons. The van der Waals surface area contributed by atoms with Crippen LogP contribution in [0, 0.1) is 6.92 Å². The summed E-state index contributed by atoms with van der Waals surface area (Å²) in [7, 11) is 3.53. The van der Waals surface area contributed by atoms with E-state index in [0.717, 1.165) is 39.9 Å². The van der Waals surface area contributed by atoms with Gasteiger partial charge in [0.2, 0.25) is 0 Å². The topological polar surface area (TPSA) is 46.8 Å². The molecule has 3 aromatic rings. The fraction of sp³-hybridized carbons (Fsp3) is 0.300. The lowest BCUT2D eigenvalue weighted by molar-refractivity contribution is 0.0823. The van der Waals surface area contributed by atoms with Gasteiger partial charge in [-0.15, -0.1) is 0 Å². The maximum Gasteiger partial charge on any atom is 0.255 e. The lowest BCUT2D eigenvalue weighted by Crippen LogP contribution is -2.26. The summed E-state index contributed by atoms with van der Waals surface area (Å²) in [6, 6.07) is 10.2. The van der Waals surface area contributed by atoms with Gasteiger partial charge in [-0.1, -0.05) is 30.3 Å². The van der Waals surface area contributed by atoms with Crippen molar-refractivity contribution in [1.29, 1.82) is 0 Å². The molecular formula is C20H20BrN3O2. The zero-order valence-electron chi connectivity index (χ0n) is 15.0. The fourth-order valence-electron chi connectivity index (χ4n) is 3.44. The summed E-state index contributed by atoms with van der Waals surface area (Å²) >= 11 is 3.58. The molecule has 0 saturated carbocycles. The van der Waals surface area contributed by atoms with Crippen LogP contribution in [-0.4, -0.2) is 34.3 Å². The molecular weight excluding hydrogens is 394 g/mol. The number of nitrogens with zero attached hydrogens (tertiary/aromatic N) is 3. The highest BCUT2D eigenvalue weighted by Crippen LogP contribution is 2.40. The molecule has 1 aromatic carbocycles. The number of amides is 1. The van der Waals surface area contributed by atoms with Crippen molar-refractivity contribution in [2.24, 2.45) is 0 Å². The first-order valence-electron chi connectivity index (χ1n) is 8.60. The third kappa shape index (κ3) is 2.69. The van der Waals surface area contributed by atoms with Crippen molar-refractivity contribution in [2.45, 2.75) is 25.9 Å². The number of aromatic nitrogens is 2. The van der Waals surface area contributed by atoms with E-state index in [1.54, 1.807) is 19.0 Å². The van der Waals surface area contributed by atoms with Crippen LogP contribution in [-0.2, 0) is 6.42 Å². The molecule has 1 aliphatic rings. The summed E-state index contributed by atoms with van der Waals surface area (Å²) in [6.45, 7) is 1.94.